The van der Waals surface area contributed by atoms with Crippen molar-refractivity contribution in [3.63, 3.8) is 0 Å². The number of halogens is 1. The highest BCUT2D eigenvalue weighted by Crippen LogP contribution is 2.22. The van der Waals surface area contributed by atoms with E-state index in [1.165, 1.54) is 7.11 Å². The number of aromatic nitrogens is 2. The number of rotatable bonds is 5. The van der Waals surface area contributed by atoms with E-state index < -0.39 is 12.0 Å². The summed E-state index contributed by atoms with van der Waals surface area (Å²) in [5.74, 6) is -0.0723. The molecular weight excluding hydrogens is 406 g/mol. The van der Waals surface area contributed by atoms with Crippen molar-refractivity contribution >= 4 is 34.4 Å². The smallest absolute Gasteiger partial charge is 0.307 e. The Balaban J connectivity index is 1.64. The number of nitrogens with one attached hydrogen (secondary N) is 1. The molecule has 2 aromatic carbocycles. The maximum Gasteiger partial charge on any atom is 0.307 e. The third-order valence-corrected chi connectivity index (χ3v) is 5.51. The van der Waals surface area contributed by atoms with Crippen molar-refractivity contribution in [3.05, 3.63) is 74.8 Å². The van der Waals surface area contributed by atoms with Gasteiger partial charge in [-0.25, -0.2) is 4.98 Å². The molecule has 1 N–H and O–H groups in total. The average Bonchev–Trinajstić information content (AvgIpc) is 3.22. The molecule has 0 unspecified atom stereocenters. The number of hydrogen-bond donors (Lipinski definition) is 1. The molecule has 0 radical (unpaired) electrons. The van der Waals surface area contributed by atoms with Crippen molar-refractivity contribution < 1.29 is 14.3 Å². The zero-order valence-electron chi connectivity index (χ0n) is 16.4. The van der Waals surface area contributed by atoms with Crippen molar-refractivity contribution in [3.8, 4) is 0 Å². The first kappa shape index (κ1) is 20.1. The van der Waals surface area contributed by atoms with Crippen LogP contribution < -0.4 is 10.9 Å². The van der Waals surface area contributed by atoms with Gasteiger partial charge >= 0.3 is 5.97 Å². The number of amides is 1. The number of carbonyl (C=O) groups excluding carboxylic acids is 2. The minimum absolute atomic E-state index is 0.0233. The quantitative estimate of drug-likeness (QED) is 0.634. The number of fused-ring (bicyclic) bond motifs is 2. The Morgan fingerprint density at radius 1 is 1.23 bits per heavy atom. The first-order valence-corrected chi connectivity index (χ1v) is 10.0. The molecule has 0 saturated carbocycles. The van der Waals surface area contributed by atoms with Gasteiger partial charge in [0.05, 0.1) is 30.5 Å². The van der Waals surface area contributed by atoms with Gasteiger partial charge in [0.25, 0.3) is 11.5 Å². The fourth-order valence-electron chi connectivity index (χ4n) is 3.66. The normalized spacial score (nSPS) is 13.7. The number of hydrogen-bond acceptors (Lipinski definition) is 5. The second-order valence-corrected chi connectivity index (χ2v) is 7.61. The molecule has 0 fully saturated rings. The number of aryl methyl sites for hydroxylation is 1. The number of methoxy groups -OCH3 is 1. The summed E-state index contributed by atoms with van der Waals surface area (Å²) in [6, 6.07) is 11.1. The van der Waals surface area contributed by atoms with E-state index in [1.54, 1.807) is 47.0 Å². The SMILES string of the molecule is COC(=O)C[C@H](NC(=O)c1ccc2c(=O)n3c(nc2c1)CCC3)c1ccc(Cl)cc1. The minimum Gasteiger partial charge on any atom is -0.469 e. The molecule has 2 heterocycles. The zero-order chi connectivity index (χ0) is 21.3. The van der Waals surface area contributed by atoms with Gasteiger partial charge in [-0.15, -0.1) is 0 Å². The Bertz CT molecular complexity index is 1190. The summed E-state index contributed by atoms with van der Waals surface area (Å²) in [6.45, 7) is 0.676. The van der Waals surface area contributed by atoms with Gasteiger partial charge in [0.1, 0.15) is 5.82 Å². The molecule has 8 heteroatoms. The Hall–Kier alpha value is -3.19. The Kier molecular flexibility index (Phi) is 5.55. The van der Waals surface area contributed by atoms with Gasteiger partial charge in [-0.3, -0.25) is 19.0 Å². The maximum atomic E-state index is 12.9. The molecule has 154 valence electrons. The Morgan fingerprint density at radius 2 is 2.00 bits per heavy atom. The summed E-state index contributed by atoms with van der Waals surface area (Å²) in [6.07, 6.45) is 1.62. The summed E-state index contributed by atoms with van der Waals surface area (Å²) < 4.78 is 6.45. The number of carbonyl (C=O) groups is 2. The highest BCUT2D eigenvalue weighted by Gasteiger charge is 2.21. The van der Waals surface area contributed by atoms with E-state index in [4.69, 9.17) is 16.3 Å². The van der Waals surface area contributed by atoms with E-state index in [9.17, 15) is 14.4 Å². The lowest BCUT2D eigenvalue weighted by Gasteiger charge is -2.18. The first-order valence-electron chi connectivity index (χ1n) is 9.63. The first-order chi connectivity index (χ1) is 14.5. The molecule has 30 heavy (non-hydrogen) atoms. The van der Waals surface area contributed by atoms with Crippen LogP contribution in [0.1, 0.15) is 40.6 Å². The van der Waals surface area contributed by atoms with Gasteiger partial charge in [-0.05, 0) is 42.3 Å². The Morgan fingerprint density at radius 3 is 2.73 bits per heavy atom. The molecule has 0 saturated heterocycles. The van der Waals surface area contributed by atoms with E-state index in [2.05, 4.69) is 10.3 Å². The largest absolute Gasteiger partial charge is 0.469 e. The predicted octanol–water partition coefficient (Wildman–Crippen LogP) is 3.03. The molecule has 1 amide bonds. The second kappa shape index (κ2) is 8.28. The summed E-state index contributed by atoms with van der Waals surface area (Å²) in [4.78, 5) is 42.0. The maximum absolute atomic E-state index is 12.9. The lowest BCUT2D eigenvalue weighted by Crippen LogP contribution is -2.30. The molecule has 3 aromatic rings. The summed E-state index contributed by atoms with van der Waals surface area (Å²) >= 11 is 5.95. The van der Waals surface area contributed by atoms with E-state index in [0.717, 1.165) is 24.2 Å². The third kappa shape index (κ3) is 3.93. The van der Waals surface area contributed by atoms with E-state index in [-0.39, 0.29) is 17.9 Å². The molecule has 0 aliphatic carbocycles. The lowest BCUT2D eigenvalue weighted by molar-refractivity contribution is -0.141. The van der Waals surface area contributed by atoms with Crippen LogP contribution >= 0.6 is 11.6 Å². The van der Waals surface area contributed by atoms with Gasteiger partial charge in [0.15, 0.2) is 0 Å². The molecule has 0 bridgehead atoms. The summed E-state index contributed by atoms with van der Waals surface area (Å²) in [7, 11) is 1.30. The standard InChI is InChI=1S/C22H20ClN3O4/c1-30-20(27)12-17(13-4-7-15(23)8-5-13)25-21(28)14-6-9-16-18(11-14)24-19-3-2-10-26(19)22(16)29/h4-9,11,17H,2-3,10,12H2,1H3,(H,25,28)/t17-/m0/s1. The van der Waals surface area contributed by atoms with Crippen molar-refractivity contribution in [2.45, 2.75) is 31.8 Å². The highest BCUT2D eigenvalue weighted by molar-refractivity contribution is 6.30. The van der Waals surface area contributed by atoms with Crippen LogP contribution in [0.2, 0.25) is 5.02 Å². The van der Waals surface area contributed by atoms with Crippen molar-refractivity contribution in [1.29, 1.82) is 0 Å². The molecule has 1 atom stereocenters. The van der Waals surface area contributed by atoms with Crippen LogP contribution in [0, 0.1) is 0 Å². The van der Waals surface area contributed by atoms with Crippen molar-refractivity contribution in [1.82, 2.24) is 14.9 Å². The second-order valence-electron chi connectivity index (χ2n) is 7.18. The topological polar surface area (TPSA) is 90.3 Å². The van der Waals surface area contributed by atoms with Crippen molar-refractivity contribution in [2.75, 3.05) is 7.11 Å². The molecule has 1 aromatic heterocycles. The Labute approximate surface area is 177 Å². The number of ether oxygens (including phenoxy) is 1. The van der Waals surface area contributed by atoms with Crippen molar-refractivity contribution in [2.24, 2.45) is 0 Å². The lowest BCUT2D eigenvalue weighted by atomic mass is 10.0. The van der Waals surface area contributed by atoms with E-state index >= 15 is 0 Å². The fourth-order valence-corrected chi connectivity index (χ4v) is 3.79. The molecule has 1 aliphatic rings. The van der Waals surface area contributed by atoms with Gasteiger partial charge < -0.3 is 10.1 Å². The average molecular weight is 426 g/mol. The van der Waals surface area contributed by atoms with Crippen LogP contribution in [0.25, 0.3) is 10.9 Å². The van der Waals surface area contributed by atoms with Gasteiger partial charge in [0.2, 0.25) is 0 Å². The van der Waals surface area contributed by atoms with Crippen LogP contribution in [-0.4, -0.2) is 28.5 Å². The molecule has 7 nitrogen and oxygen atoms in total. The van der Waals surface area contributed by atoms with Gasteiger partial charge in [-0.2, -0.15) is 0 Å². The van der Waals surface area contributed by atoms with Crippen LogP contribution in [0.5, 0.6) is 0 Å². The number of benzene rings is 2. The van der Waals surface area contributed by atoms with Crippen LogP contribution in [0.3, 0.4) is 0 Å². The fraction of sp³-hybridized carbons (Fsp3) is 0.273. The molecule has 4 rings (SSSR count). The van der Waals surface area contributed by atoms with Crippen LogP contribution in [-0.2, 0) is 22.5 Å². The van der Waals surface area contributed by atoms with Crippen LogP contribution in [0.4, 0.5) is 0 Å². The summed E-state index contributed by atoms with van der Waals surface area (Å²) in [5, 5.41) is 3.92. The monoisotopic (exact) mass is 425 g/mol. The summed E-state index contributed by atoms with van der Waals surface area (Å²) in [5.41, 5.74) is 1.51. The zero-order valence-corrected chi connectivity index (χ0v) is 17.1. The predicted molar refractivity (Wildman–Crippen MR) is 113 cm³/mol. The highest BCUT2D eigenvalue weighted by atomic mass is 35.5. The van der Waals surface area contributed by atoms with Gasteiger partial charge in [-0.1, -0.05) is 23.7 Å². The minimum atomic E-state index is -0.587. The third-order valence-electron chi connectivity index (χ3n) is 5.25. The number of esters is 1. The molecular formula is C22H20ClN3O4. The molecule has 1 aliphatic heterocycles. The van der Waals surface area contributed by atoms with Crippen LogP contribution in [0.15, 0.2) is 47.3 Å². The van der Waals surface area contributed by atoms with Gasteiger partial charge in [0, 0.05) is 23.6 Å². The van der Waals surface area contributed by atoms with E-state index in [0.29, 0.717) is 28.0 Å². The molecule has 0 spiro atoms. The number of nitrogens with zero attached hydrogens (tertiary/aromatic N) is 2. The van der Waals surface area contributed by atoms with E-state index in [1.807, 2.05) is 0 Å².